The first-order valence-electron chi connectivity index (χ1n) is 5.07. The maximum Gasteiger partial charge on any atom is 0.336 e. The van der Waals surface area contributed by atoms with Crippen LogP contribution in [0.4, 0.5) is 0 Å². The minimum Gasteiger partial charge on any atom is -0.423 e. The summed E-state index contributed by atoms with van der Waals surface area (Å²) in [5, 5.41) is 0. The van der Waals surface area contributed by atoms with E-state index < -0.39 is 0 Å². The van der Waals surface area contributed by atoms with Gasteiger partial charge in [0.05, 0.1) is 0 Å². The van der Waals surface area contributed by atoms with Gasteiger partial charge in [0.2, 0.25) is 0 Å². The van der Waals surface area contributed by atoms with Gasteiger partial charge in [-0.05, 0) is 38.0 Å². The summed E-state index contributed by atoms with van der Waals surface area (Å²) in [5.41, 5.74) is 2.17. The van der Waals surface area contributed by atoms with Crippen LogP contribution in [-0.2, 0) is 11.2 Å². The molecule has 0 bridgehead atoms. The van der Waals surface area contributed by atoms with Gasteiger partial charge >= 0.3 is 5.97 Å². The van der Waals surface area contributed by atoms with Gasteiger partial charge in [-0.15, -0.1) is 0 Å². The summed E-state index contributed by atoms with van der Waals surface area (Å²) in [4.78, 5) is 11.3. The van der Waals surface area contributed by atoms with E-state index in [1.165, 1.54) is 11.6 Å². The predicted octanol–water partition coefficient (Wildman–Crippen LogP) is 3.12. The van der Waals surface area contributed by atoms with Gasteiger partial charge in [-0.3, -0.25) is 0 Å². The predicted molar refractivity (Wildman–Crippen MR) is 60.9 cm³/mol. The second-order valence-corrected chi connectivity index (χ2v) is 3.64. The van der Waals surface area contributed by atoms with Crippen molar-refractivity contribution in [1.29, 1.82) is 0 Å². The average Bonchev–Trinajstić information content (AvgIpc) is 2.17. The van der Waals surface area contributed by atoms with Crippen LogP contribution in [0, 0.1) is 0 Å². The SMILES string of the molecule is CCc1ccc(OC(=O)C=C(C)C)cc1. The fraction of sp³-hybridized carbons (Fsp3) is 0.308. The first-order valence-corrected chi connectivity index (χ1v) is 5.07. The molecule has 0 fully saturated rings. The summed E-state index contributed by atoms with van der Waals surface area (Å²) in [6, 6.07) is 7.56. The third-order valence-corrected chi connectivity index (χ3v) is 1.96. The smallest absolute Gasteiger partial charge is 0.336 e. The maximum absolute atomic E-state index is 11.3. The monoisotopic (exact) mass is 204 g/mol. The van der Waals surface area contributed by atoms with Crippen molar-refractivity contribution in [3.63, 3.8) is 0 Å². The van der Waals surface area contributed by atoms with Crippen LogP contribution in [0.2, 0.25) is 0 Å². The molecule has 0 spiro atoms. The average molecular weight is 204 g/mol. The molecule has 0 saturated heterocycles. The highest BCUT2D eigenvalue weighted by molar-refractivity contribution is 5.84. The standard InChI is InChI=1S/C13H16O2/c1-4-11-5-7-12(8-6-11)15-13(14)9-10(2)3/h5-9H,4H2,1-3H3. The van der Waals surface area contributed by atoms with Crippen molar-refractivity contribution >= 4 is 5.97 Å². The van der Waals surface area contributed by atoms with Gasteiger partial charge in [-0.2, -0.15) is 0 Å². The van der Waals surface area contributed by atoms with Gasteiger partial charge in [0.15, 0.2) is 0 Å². The lowest BCUT2D eigenvalue weighted by Crippen LogP contribution is -2.04. The molecule has 0 aromatic heterocycles. The molecule has 2 heteroatoms. The van der Waals surface area contributed by atoms with E-state index in [1.807, 2.05) is 38.1 Å². The van der Waals surface area contributed by atoms with Crippen molar-refractivity contribution in [2.45, 2.75) is 27.2 Å². The molecule has 80 valence electrons. The lowest BCUT2D eigenvalue weighted by Gasteiger charge is -2.02. The highest BCUT2D eigenvalue weighted by Crippen LogP contribution is 2.12. The number of allylic oxidation sites excluding steroid dienone is 1. The Morgan fingerprint density at radius 1 is 1.27 bits per heavy atom. The molecule has 0 N–H and O–H groups in total. The van der Waals surface area contributed by atoms with Gasteiger partial charge < -0.3 is 4.74 Å². The van der Waals surface area contributed by atoms with Crippen molar-refractivity contribution in [1.82, 2.24) is 0 Å². The van der Waals surface area contributed by atoms with Crippen molar-refractivity contribution in [3.05, 3.63) is 41.5 Å². The second-order valence-electron chi connectivity index (χ2n) is 3.64. The summed E-state index contributed by atoms with van der Waals surface area (Å²) in [7, 11) is 0. The third-order valence-electron chi connectivity index (χ3n) is 1.96. The molecule has 0 heterocycles. The fourth-order valence-electron chi connectivity index (χ4n) is 1.17. The zero-order chi connectivity index (χ0) is 11.3. The maximum atomic E-state index is 11.3. The van der Waals surface area contributed by atoms with E-state index in [2.05, 4.69) is 6.92 Å². The molecule has 0 amide bonds. The second kappa shape index (κ2) is 5.35. The van der Waals surface area contributed by atoms with Gasteiger partial charge in [0, 0.05) is 6.08 Å². The Morgan fingerprint density at radius 2 is 1.87 bits per heavy atom. The number of carbonyl (C=O) groups excluding carboxylic acids is 1. The molecule has 1 rings (SSSR count). The molecular formula is C13H16O2. The third kappa shape index (κ3) is 3.98. The van der Waals surface area contributed by atoms with Crippen LogP contribution in [0.15, 0.2) is 35.9 Å². The number of hydrogen-bond donors (Lipinski definition) is 0. The highest BCUT2D eigenvalue weighted by Gasteiger charge is 2.00. The van der Waals surface area contributed by atoms with Gasteiger partial charge in [0.1, 0.15) is 5.75 Å². The Balaban J connectivity index is 2.65. The first kappa shape index (κ1) is 11.5. The molecule has 0 aliphatic rings. The molecular weight excluding hydrogens is 188 g/mol. The quantitative estimate of drug-likeness (QED) is 0.429. The Morgan fingerprint density at radius 3 is 2.33 bits per heavy atom. The number of hydrogen-bond acceptors (Lipinski definition) is 2. The molecule has 0 aliphatic heterocycles. The van der Waals surface area contributed by atoms with E-state index in [4.69, 9.17) is 4.74 Å². The van der Waals surface area contributed by atoms with Crippen molar-refractivity contribution in [2.75, 3.05) is 0 Å². The minimum absolute atomic E-state index is 0.320. The number of esters is 1. The minimum atomic E-state index is -0.320. The molecule has 0 saturated carbocycles. The van der Waals surface area contributed by atoms with Crippen LogP contribution in [0.1, 0.15) is 26.3 Å². The number of ether oxygens (including phenoxy) is 1. The van der Waals surface area contributed by atoms with Gasteiger partial charge in [-0.1, -0.05) is 24.6 Å². The lowest BCUT2D eigenvalue weighted by atomic mass is 10.2. The van der Waals surface area contributed by atoms with E-state index in [1.54, 1.807) is 0 Å². The van der Waals surface area contributed by atoms with Gasteiger partial charge in [0.25, 0.3) is 0 Å². The summed E-state index contributed by atoms with van der Waals surface area (Å²) < 4.78 is 5.11. The molecule has 1 aromatic rings. The van der Waals surface area contributed by atoms with Gasteiger partial charge in [-0.25, -0.2) is 4.79 Å². The Bertz CT molecular complexity index is 357. The summed E-state index contributed by atoms with van der Waals surface area (Å²) >= 11 is 0. The topological polar surface area (TPSA) is 26.3 Å². The van der Waals surface area contributed by atoms with E-state index in [0.717, 1.165) is 12.0 Å². The van der Waals surface area contributed by atoms with Crippen molar-refractivity contribution < 1.29 is 9.53 Å². The summed E-state index contributed by atoms with van der Waals surface area (Å²) in [5.74, 6) is 0.272. The summed E-state index contributed by atoms with van der Waals surface area (Å²) in [6.45, 7) is 5.81. The Kier molecular flexibility index (Phi) is 4.10. The zero-order valence-corrected chi connectivity index (χ0v) is 9.41. The molecule has 2 nitrogen and oxygen atoms in total. The Labute approximate surface area is 90.6 Å². The highest BCUT2D eigenvalue weighted by atomic mass is 16.5. The molecule has 15 heavy (non-hydrogen) atoms. The van der Waals surface area contributed by atoms with Crippen LogP contribution in [0.5, 0.6) is 5.75 Å². The normalized spacial score (nSPS) is 9.53. The number of benzene rings is 1. The fourth-order valence-corrected chi connectivity index (χ4v) is 1.17. The summed E-state index contributed by atoms with van der Waals surface area (Å²) in [6.07, 6.45) is 2.47. The van der Waals surface area contributed by atoms with Crippen LogP contribution in [0.25, 0.3) is 0 Å². The van der Waals surface area contributed by atoms with Crippen LogP contribution in [0.3, 0.4) is 0 Å². The first-order chi connectivity index (χ1) is 7.11. The van der Waals surface area contributed by atoms with Crippen molar-refractivity contribution in [2.24, 2.45) is 0 Å². The van der Waals surface area contributed by atoms with E-state index in [-0.39, 0.29) is 5.97 Å². The van der Waals surface area contributed by atoms with E-state index in [0.29, 0.717) is 5.75 Å². The van der Waals surface area contributed by atoms with Crippen LogP contribution in [-0.4, -0.2) is 5.97 Å². The number of carbonyl (C=O) groups is 1. The van der Waals surface area contributed by atoms with E-state index in [9.17, 15) is 4.79 Å². The lowest BCUT2D eigenvalue weighted by molar-refractivity contribution is -0.129. The van der Waals surface area contributed by atoms with Crippen LogP contribution >= 0.6 is 0 Å². The largest absolute Gasteiger partial charge is 0.423 e. The molecule has 0 atom stereocenters. The molecule has 0 radical (unpaired) electrons. The molecule has 0 aliphatic carbocycles. The van der Waals surface area contributed by atoms with Crippen LogP contribution < -0.4 is 4.74 Å². The number of rotatable bonds is 3. The number of aryl methyl sites for hydroxylation is 1. The Hall–Kier alpha value is -1.57. The molecule has 0 unspecified atom stereocenters. The molecule has 1 aromatic carbocycles. The van der Waals surface area contributed by atoms with E-state index >= 15 is 0 Å². The van der Waals surface area contributed by atoms with Crippen molar-refractivity contribution in [3.8, 4) is 5.75 Å². The zero-order valence-electron chi connectivity index (χ0n) is 9.41.